The van der Waals surface area contributed by atoms with Gasteiger partial charge in [0.1, 0.15) is 11.3 Å². The Hall–Kier alpha value is -3.74. The van der Waals surface area contributed by atoms with E-state index in [4.69, 9.17) is 4.74 Å². The molecule has 146 valence electrons. The number of benzene rings is 1. The molecule has 0 saturated heterocycles. The number of carbonyl (C=O) groups is 1. The van der Waals surface area contributed by atoms with E-state index >= 15 is 0 Å². The van der Waals surface area contributed by atoms with Crippen molar-refractivity contribution in [3.8, 4) is 5.75 Å². The highest BCUT2D eigenvalue weighted by Crippen LogP contribution is 2.37. The molecular formula is C22H21N5O2. The molecule has 1 unspecified atom stereocenters. The lowest BCUT2D eigenvalue weighted by molar-refractivity contribution is -0.133. The van der Waals surface area contributed by atoms with E-state index < -0.39 is 0 Å². The highest BCUT2D eigenvalue weighted by atomic mass is 16.5. The number of fused-ring (bicyclic) bond motifs is 1. The van der Waals surface area contributed by atoms with E-state index in [-0.39, 0.29) is 18.4 Å². The molecule has 0 aliphatic carbocycles. The van der Waals surface area contributed by atoms with Crippen LogP contribution < -0.4 is 10.1 Å². The number of hydrogen-bond donors (Lipinski definition) is 1. The molecule has 0 amide bonds. The van der Waals surface area contributed by atoms with Gasteiger partial charge in [0.15, 0.2) is 5.75 Å². The molecule has 0 spiro atoms. The normalized spacial score (nSPS) is 11.9. The van der Waals surface area contributed by atoms with Crippen molar-refractivity contribution in [3.05, 3.63) is 78.4 Å². The molecule has 1 atom stereocenters. The van der Waals surface area contributed by atoms with Crippen LogP contribution in [0, 0.1) is 0 Å². The number of rotatable bonds is 6. The van der Waals surface area contributed by atoms with Crippen LogP contribution in [-0.4, -0.2) is 25.7 Å². The zero-order valence-corrected chi connectivity index (χ0v) is 16.2. The molecule has 0 aliphatic heterocycles. The molecule has 7 heteroatoms. The van der Waals surface area contributed by atoms with E-state index in [0.29, 0.717) is 17.1 Å². The lowest BCUT2D eigenvalue weighted by atomic mass is 9.99. The van der Waals surface area contributed by atoms with E-state index in [1.807, 2.05) is 55.6 Å². The topological polar surface area (TPSA) is 81.9 Å². The largest absolute Gasteiger partial charge is 0.424 e. The first-order chi connectivity index (χ1) is 14.2. The number of aromatic nitrogens is 4. The van der Waals surface area contributed by atoms with Gasteiger partial charge in [-0.25, -0.2) is 4.98 Å². The van der Waals surface area contributed by atoms with E-state index in [1.54, 1.807) is 30.2 Å². The fourth-order valence-electron chi connectivity index (χ4n) is 3.23. The third kappa shape index (κ3) is 3.80. The Bertz CT molecular complexity index is 1140. The van der Waals surface area contributed by atoms with Gasteiger partial charge >= 0.3 is 5.97 Å². The fourth-order valence-corrected chi connectivity index (χ4v) is 3.23. The molecule has 0 aliphatic rings. The van der Waals surface area contributed by atoms with Crippen molar-refractivity contribution in [1.82, 2.24) is 19.7 Å². The highest BCUT2D eigenvalue weighted by Gasteiger charge is 2.25. The number of nitrogens with one attached hydrogen (secondary N) is 1. The first-order valence-corrected chi connectivity index (χ1v) is 9.41. The molecule has 0 radical (unpaired) electrons. The number of nitrogens with zero attached hydrogens (tertiary/aromatic N) is 4. The van der Waals surface area contributed by atoms with E-state index in [2.05, 4.69) is 20.4 Å². The standard InChI is InChI=1S/C22H21N5O2/c1-3-19(28)29-22-16(10-9-15-7-6-13-24-20(15)22)21(17-11-14-25-27(17)2)26-18-8-4-5-12-23-18/h4-14,21H,3H2,1-2H3,(H,23,26). The zero-order chi connectivity index (χ0) is 20.2. The maximum Gasteiger partial charge on any atom is 0.310 e. The molecule has 0 bridgehead atoms. The van der Waals surface area contributed by atoms with E-state index in [9.17, 15) is 4.79 Å². The lowest BCUT2D eigenvalue weighted by Crippen LogP contribution is -2.19. The van der Waals surface area contributed by atoms with Crippen molar-refractivity contribution >= 4 is 22.7 Å². The van der Waals surface area contributed by atoms with Gasteiger partial charge in [-0.3, -0.25) is 14.5 Å². The van der Waals surface area contributed by atoms with Crippen LogP contribution in [0.2, 0.25) is 0 Å². The molecular weight excluding hydrogens is 366 g/mol. The van der Waals surface area contributed by atoms with Crippen LogP contribution in [0.1, 0.15) is 30.6 Å². The van der Waals surface area contributed by atoms with Gasteiger partial charge in [-0.05, 0) is 24.3 Å². The van der Waals surface area contributed by atoms with Gasteiger partial charge in [0.25, 0.3) is 0 Å². The SMILES string of the molecule is CCC(=O)Oc1c(C(Nc2ccccn2)c2ccnn2C)ccc2cccnc12. The van der Waals surface area contributed by atoms with Crippen molar-refractivity contribution in [2.75, 3.05) is 5.32 Å². The molecule has 3 aromatic heterocycles. The third-order valence-electron chi connectivity index (χ3n) is 4.69. The summed E-state index contributed by atoms with van der Waals surface area (Å²) < 4.78 is 7.56. The van der Waals surface area contributed by atoms with E-state index in [0.717, 1.165) is 16.6 Å². The number of carbonyl (C=O) groups excluding carboxylic acids is 1. The average Bonchev–Trinajstić information content (AvgIpc) is 3.18. The molecule has 4 rings (SSSR count). The number of anilines is 1. The minimum absolute atomic E-state index is 0.271. The Morgan fingerprint density at radius 1 is 1.07 bits per heavy atom. The summed E-state index contributed by atoms with van der Waals surface area (Å²) in [4.78, 5) is 21.1. The summed E-state index contributed by atoms with van der Waals surface area (Å²) in [7, 11) is 1.87. The van der Waals surface area contributed by atoms with Gasteiger partial charge in [-0.2, -0.15) is 5.10 Å². The van der Waals surface area contributed by atoms with Crippen LogP contribution in [0.5, 0.6) is 5.75 Å². The van der Waals surface area contributed by atoms with Gasteiger partial charge in [-0.1, -0.05) is 31.2 Å². The van der Waals surface area contributed by atoms with Gasteiger partial charge in [0.2, 0.25) is 0 Å². The van der Waals surface area contributed by atoms with Crippen molar-refractivity contribution in [2.45, 2.75) is 19.4 Å². The summed E-state index contributed by atoms with van der Waals surface area (Å²) in [5.74, 6) is 0.836. The summed E-state index contributed by atoms with van der Waals surface area (Å²) in [5.41, 5.74) is 2.33. The molecule has 0 fully saturated rings. The summed E-state index contributed by atoms with van der Waals surface area (Å²) in [6, 6.07) is 15.0. The van der Waals surface area contributed by atoms with Crippen LogP contribution in [-0.2, 0) is 11.8 Å². The van der Waals surface area contributed by atoms with Gasteiger partial charge in [0, 0.05) is 43.0 Å². The van der Waals surface area contributed by atoms with Gasteiger partial charge < -0.3 is 10.1 Å². The van der Waals surface area contributed by atoms with Crippen molar-refractivity contribution in [3.63, 3.8) is 0 Å². The maximum absolute atomic E-state index is 12.2. The summed E-state index contributed by atoms with van der Waals surface area (Å²) in [6.45, 7) is 1.77. The second-order valence-corrected chi connectivity index (χ2v) is 6.56. The number of pyridine rings is 2. The lowest BCUT2D eigenvalue weighted by Gasteiger charge is -2.23. The zero-order valence-electron chi connectivity index (χ0n) is 16.2. The first-order valence-electron chi connectivity index (χ1n) is 9.41. The van der Waals surface area contributed by atoms with Crippen LogP contribution in [0.25, 0.3) is 10.9 Å². The highest BCUT2D eigenvalue weighted by molar-refractivity contribution is 5.89. The molecule has 7 nitrogen and oxygen atoms in total. The van der Waals surface area contributed by atoms with Crippen LogP contribution in [0.4, 0.5) is 5.82 Å². The Labute approximate surface area is 168 Å². The molecule has 1 N–H and O–H groups in total. The molecule has 29 heavy (non-hydrogen) atoms. The first kappa shape index (κ1) is 18.6. The fraction of sp³-hybridized carbons (Fsp3) is 0.182. The predicted octanol–water partition coefficient (Wildman–Crippen LogP) is 3.88. The summed E-state index contributed by atoms with van der Waals surface area (Å²) >= 11 is 0. The smallest absolute Gasteiger partial charge is 0.310 e. The Morgan fingerprint density at radius 3 is 2.66 bits per heavy atom. The number of ether oxygens (including phenoxy) is 1. The maximum atomic E-state index is 12.2. The Balaban J connectivity index is 1.90. The third-order valence-corrected chi connectivity index (χ3v) is 4.69. The van der Waals surface area contributed by atoms with Crippen molar-refractivity contribution < 1.29 is 9.53 Å². The average molecular weight is 387 g/mol. The molecule has 4 aromatic rings. The second kappa shape index (κ2) is 8.10. The van der Waals surface area contributed by atoms with Gasteiger partial charge in [-0.15, -0.1) is 0 Å². The van der Waals surface area contributed by atoms with Crippen molar-refractivity contribution in [2.24, 2.45) is 7.05 Å². The van der Waals surface area contributed by atoms with Crippen molar-refractivity contribution in [1.29, 1.82) is 0 Å². The van der Waals surface area contributed by atoms with Crippen LogP contribution in [0.3, 0.4) is 0 Å². The second-order valence-electron chi connectivity index (χ2n) is 6.56. The Kier molecular flexibility index (Phi) is 5.20. The van der Waals surface area contributed by atoms with Crippen LogP contribution >= 0.6 is 0 Å². The number of esters is 1. The molecule has 0 saturated carbocycles. The van der Waals surface area contributed by atoms with Gasteiger partial charge in [0.05, 0.1) is 11.7 Å². The minimum Gasteiger partial charge on any atom is -0.424 e. The quantitative estimate of drug-likeness (QED) is 0.399. The molecule has 3 heterocycles. The monoisotopic (exact) mass is 387 g/mol. The summed E-state index contributed by atoms with van der Waals surface area (Å²) in [6.07, 6.45) is 5.43. The number of aryl methyl sites for hydroxylation is 1. The minimum atomic E-state index is -0.344. The predicted molar refractivity (Wildman–Crippen MR) is 111 cm³/mol. The van der Waals surface area contributed by atoms with E-state index in [1.165, 1.54) is 0 Å². The molecule has 1 aromatic carbocycles. The Morgan fingerprint density at radius 2 is 1.93 bits per heavy atom. The van der Waals surface area contributed by atoms with Crippen LogP contribution in [0.15, 0.2) is 67.1 Å². The number of hydrogen-bond acceptors (Lipinski definition) is 6. The summed E-state index contributed by atoms with van der Waals surface area (Å²) in [5, 5.41) is 8.65.